The maximum absolute atomic E-state index is 8.74. The molecule has 4 heteroatoms. The molecular formula is C11H14BrN3. The van der Waals surface area contributed by atoms with E-state index in [1.807, 2.05) is 31.9 Å². The number of halogens is 1. The molecule has 0 aliphatic heterocycles. The van der Waals surface area contributed by atoms with Crippen LogP contribution in [0.3, 0.4) is 0 Å². The molecule has 1 unspecified atom stereocenters. The van der Waals surface area contributed by atoms with Crippen molar-refractivity contribution in [2.24, 2.45) is 5.92 Å². The summed E-state index contributed by atoms with van der Waals surface area (Å²) in [5.41, 5.74) is 1.11. The van der Waals surface area contributed by atoms with Crippen molar-refractivity contribution < 1.29 is 0 Å². The van der Waals surface area contributed by atoms with E-state index >= 15 is 0 Å². The van der Waals surface area contributed by atoms with Crippen LogP contribution in [0.25, 0.3) is 0 Å². The van der Waals surface area contributed by atoms with Crippen molar-refractivity contribution in [3.05, 3.63) is 22.3 Å². The fraction of sp³-hybridized carbons (Fsp3) is 0.455. The van der Waals surface area contributed by atoms with E-state index < -0.39 is 0 Å². The van der Waals surface area contributed by atoms with E-state index in [1.165, 1.54) is 0 Å². The number of pyridine rings is 1. The first-order valence-electron chi connectivity index (χ1n) is 4.77. The third-order valence-electron chi connectivity index (χ3n) is 2.15. The van der Waals surface area contributed by atoms with Crippen LogP contribution in [0.2, 0.25) is 0 Å². The molecule has 0 radical (unpaired) electrons. The molecule has 0 fully saturated rings. The standard InChI is InChI=1S/C11H14BrN3/c1-8(5-13)7-15(3)11-9(2)4-10(12)6-14-11/h4,6,8H,7H2,1-3H3. The maximum Gasteiger partial charge on any atom is 0.131 e. The number of hydrogen-bond donors (Lipinski definition) is 0. The molecule has 0 saturated heterocycles. The topological polar surface area (TPSA) is 39.9 Å². The largest absolute Gasteiger partial charge is 0.358 e. The smallest absolute Gasteiger partial charge is 0.131 e. The Morgan fingerprint density at radius 2 is 2.33 bits per heavy atom. The van der Waals surface area contributed by atoms with Crippen LogP contribution < -0.4 is 4.90 Å². The molecule has 0 aliphatic carbocycles. The molecule has 1 heterocycles. The van der Waals surface area contributed by atoms with Gasteiger partial charge in [-0.25, -0.2) is 4.98 Å². The lowest BCUT2D eigenvalue weighted by atomic mass is 10.2. The predicted molar refractivity (Wildman–Crippen MR) is 64.7 cm³/mol. The van der Waals surface area contributed by atoms with Crippen LogP contribution in [0.1, 0.15) is 12.5 Å². The average Bonchev–Trinajstić information content (AvgIpc) is 2.17. The first-order chi connectivity index (χ1) is 7.04. The number of aryl methyl sites for hydroxylation is 1. The molecule has 0 spiro atoms. The molecule has 1 aromatic rings. The van der Waals surface area contributed by atoms with Gasteiger partial charge in [0.05, 0.1) is 12.0 Å². The van der Waals surface area contributed by atoms with Gasteiger partial charge in [0.2, 0.25) is 0 Å². The molecule has 0 N–H and O–H groups in total. The van der Waals surface area contributed by atoms with Gasteiger partial charge in [0.1, 0.15) is 5.82 Å². The van der Waals surface area contributed by atoms with Crippen molar-refractivity contribution in [1.29, 1.82) is 5.26 Å². The Labute approximate surface area is 98.9 Å². The summed E-state index contributed by atoms with van der Waals surface area (Å²) >= 11 is 3.38. The highest BCUT2D eigenvalue weighted by Crippen LogP contribution is 2.20. The van der Waals surface area contributed by atoms with Crippen LogP contribution in [-0.4, -0.2) is 18.6 Å². The third-order valence-corrected chi connectivity index (χ3v) is 2.58. The Morgan fingerprint density at radius 3 is 2.87 bits per heavy atom. The first-order valence-corrected chi connectivity index (χ1v) is 5.56. The van der Waals surface area contributed by atoms with Crippen molar-refractivity contribution in [2.75, 3.05) is 18.5 Å². The summed E-state index contributed by atoms with van der Waals surface area (Å²) in [6.07, 6.45) is 1.77. The highest BCUT2D eigenvalue weighted by Gasteiger charge is 2.09. The normalized spacial score (nSPS) is 11.9. The van der Waals surface area contributed by atoms with Crippen LogP contribution >= 0.6 is 15.9 Å². The van der Waals surface area contributed by atoms with Gasteiger partial charge in [-0.3, -0.25) is 0 Å². The second-order valence-corrected chi connectivity index (χ2v) is 4.62. The molecular weight excluding hydrogens is 254 g/mol. The number of anilines is 1. The van der Waals surface area contributed by atoms with E-state index in [2.05, 4.69) is 27.0 Å². The molecule has 1 atom stereocenters. The van der Waals surface area contributed by atoms with E-state index in [9.17, 15) is 0 Å². The van der Waals surface area contributed by atoms with Crippen molar-refractivity contribution >= 4 is 21.7 Å². The molecule has 1 aromatic heterocycles. The lowest BCUT2D eigenvalue weighted by Crippen LogP contribution is -2.24. The number of aromatic nitrogens is 1. The first kappa shape index (κ1) is 12.0. The zero-order chi connectivity index (χ0) is 11.4. The van der Waals surface area contributed by atoms with Crippen LogP contribution in [-0.2, 0) is 0 Å². The number of hydrogen-bond acceptors (Lipinski definition) is 3. The summed E-state index contributed by atoms with van der Waals surface area (Å²) < 4.78 is 0.977. The average molecular weight is 268 g/mol. The van der Waals surface area contributed by atoms with Gasteiger partial charge in [0.15, 0.2) is 0 Å². The minimum atomic E-state index is 0.0137. The lowest BCUT2D eigenvalue weighted by molar-refractivity contribution is 0.708. The quantitative estimate of drug-likeness (QED) is 0.846. The lowest BCUT2D eigenvalue weighted by Gasteiger charge is -2.21. The van der Waals surface area contributed by atoms with Gasteiger partial charge in [0.25, 0.3) is 0 Å². The molecule has 0 aliphatic rings. The molecule has 15 heavy (non-hydrogen) atoms. The monoisotopic (exact) mass is 267 g/mol. The molecule has 3 nitrogen and oxygen atoms in total. The summed E-state index contributed by atoms with van der Waals surface area (Å²) in [5.74, 6) is 0.945. The van der Waals surface area contributed by atoms with Gasteiger partial charge in [-0.2, -0.15) is 5.26 Å². The van der Waals surface area contributed by atoms with Gasteiger partial charge >= 0.3 is 0 Å². The summed E-state index contributed by atoms with van der Waals surface area (Å²) in [6, 6.07) is 4.24. The minimum absolute atomic E-state index is 0.0137. The molecule has 1 rings (SSSR count). The van der Waals surface area contributed by atoms with E-state index in [1.54, 1.807) is 6.20 Å². The SMILES string of the molecule is Cc1cc(Br)cnc1N(C)CC(C)C#N. The van der Waals surface area contributed by atoms with Crippen LogP contribution in [0.15, 0.2) is 16.7 Å². The fourth-order valence-electron chi connectivity index (χ4n) is 1.47. The zero-order valence-corrected chi connectivity index (χ0v) is 10.7. The second kappa shape index (κ2) is 5.13. The Kier molecular flexibility index (Phi) is 4.10. The van der Waals surface area contributed by atoms with Crippen LogP contribution in [0, 0.1) is 24.2 Å². The van der Waals surface area contributed by atoms with Crippen LogP contribution in [0.4, 0.5) is 5.82 Å². The summed E-state index contributed by atoms with van der Waals surface area (Å²) in [4.78, 5) is 6.34. The van der Waals surface area contributed by atoms with E-state index in [4.69, 9.17) is 5.26 Å². The van der Waals surface area contributed by atoms with Gasteiger partial charge in [-0.1, -0.05) is 0 Å². The second-order valence-electron chi connectivity index (χ2n) is 3.70. The number of rotatable bonds is 3. The Hall–Kier alpha value is -1.08. The highest BCUT2D eigenvalue weighted by molar-refractivity contribution is 9.10. The van der Waals surface area contributed by atoms with Crippen molar-refractivity contribution in [3.63, 3.8) is 0 Å². The maximum atomic E-state index is 8.74. The highest BCUT2D eigenvalue weighted by atomic mass is 79.9. The van der Waals surface area contributed by atoms with Crippen LogP contribution in [0.5, 0.6) is 0 Å². The summed E-state index contributed by atoms with van der Waals surface area (Å²) in [5, 5.41) is 8.74. The number of nitriles is 1. The molecule has 0 bridgehead atoms. The minimum Gasteiger partial charge on any atom is -0.358 e. The van der Waals surface area contributed by atoms with Gasteiger partial charge in [-0.05, 0) is 41.4 Å². The zero-order valence-electron chi connectivity index (χ0n) is 9.16. The van der Waals surface area contributed by atoms with E-state index in [0.717, 1.165) is 15.9 Å². The van der Waals surface area contributed by atoms with E-state index in [-0.39, 0.29) is 5.92 Å². The van der Waals surface area contributed by atoms with Gasteiger partial charge < -0.3 is 4.90 Å². The number of nitrogens with zero attached hydrogens (tertiary/aromatic N) is 3. The summed E-state index contributed by atoms with van der Waals surface area (Å²) in [6.45, 7) is 4.62. The Bertz CT molecular complexity index is 384. The third kappa shape index (κ3) is 3.21. The fourth-order valence-corrected chi connectivity index (χ4v) is 1.92. The Balaban J connectivity index is 2.83. The van der Waals surface area contributed by atoms with Gasteiger partial charge in [0, 0.05) is 24.3 Å². The predicted octanol–water partition coefficient (Wildman–Crippen LogP) is 2.75. The molecule has 0 amide bonds. The van der Waals surface area contributed by atoms with Crippen molar-refractivity contribution in [3.8, 4) is 6.07 Å². The molecule has 80 valence electrons. The van der Waals surface area contributed by atoms with Crippen molar-refractivity contribution in [1.82, 2.24) is 4.98 Å². The summed E-state index contributed by atoms with van der Waals surface area (Å²) in [7, 11) is 1.96. The Morgan fingerprint density at radius 1 is 1.67 bits per heavy atom. The molecule has 0 aromatic carbocycles. The van der Waals surface area contributed by atoms with Gasteiger partial charge in [-0.15, -0.1) is 0 Å². The van der Waals surface area contributed by atoms with E-state index in [0.29, 0.717) is 6.54 Å². The van der Waals surface area contributed by atoms with Crippen molar-refractivity contribution in [2.45, 2.75) is 13.8 Å². The molecule has 0 saturated carbocycles.